The number of thioether (sulfide) groups is 1. The molecule has 0 fully saturated rings. The van der Waals surface area contributed by atoms with E-state index in [4.69, 9.17) is 4.42 Å². The van der Waals surface area contributed by atoms with Gasteiger partial charge in [0.2, 0.25) is 5.91 Å². The standard InChI is InChI=1S/C23H22N4O3S/c1-26(2)17-11-9-16(10-12-17)24-21(28)15-31-23-25-20-8-4-3-7-19(20)22(29)27(23)14-18-6-5-13-30-18/h3-13H,14-15H2,1-2H3,(H,24,28). The van der Waals surface area contributed by atoms with Crippen LogP contribution in [0.4, 0.5) is 11.4 Å². The van der Waals surface area contributed by atoms with Crippen LogP contribution >= 0.6 is 11.8 Å². The second-order valence-corrected chi connectivity index (χ2v) is 8.10. The summed E-state index contributed by atoms with van der Waals surface area (Å²) in [6.45, 7) is 0.250. The molecule has 158 valence electrons. The summed E-state index contributed by atoms with van der Waals surface area (Å²) in [6.07, 6.45) is 1.57. The van der Waals surface area contributed by atoms with Crippen molar-refractivity contribution in [2.24, 2.45) is 0 Å². The first-order valence-corrected chi connectivity index (χ1v) is 10.7. The van der Waals surface area contributed by atoms with Gasteiger partial charge in [-0.25, -0.2) is 4.98 Å². The van der Waals surface area contributed by atoms with Crippen LogP contribution in [0.25, 0.3) is 10.9 Å². The Bertz CT molecular complexity index is 1250. The van der Waals surface area contributed by atoms with Crippen molar-refractivity contribution in [3.05, 3.63) is 83.0 Å². The number of para-hydroxylation sites is 1. The van der Waals surface area contributed by atoms with Crippen LogP contribution < -0.4 is 15.8 Å². The largest absolute Gasteiger partial charge is 0.467 e. The zero-order valence-electron chi connectivity index (χ0n) is 17.2. The predicted molar refractivity (Wildman–Crippen MR) is 124 cm³/mol. The molecule has 0 saturated carbocycles. The maximum atomic E-state index is 13.1. The molecule has 0 aliphatic rings. The number of furan rings is 1. The first-order chi connectivity index (χ1) is 15.0. The van der Waals surface area contributed by atoms with Gasteiger partial charge in [-0.05, 0) is 48.5 Å². The van der Waals surface area contributed by atoms with E-state index in [1.165, 1.54) is 11.8 Å². The normalized spacial score (nSPS) is 10.9. The summed E-state index contributed by atoms with van der Waals surface area (Å²) >= 11 is 1.22. The molecule has 2 aromatic heterocycles. The monoisotopic (exact) mass is 434 g/mol. The summed E-state index contributed by atoms with van der Waals surface area (Å²) < 4.78 is 6.96. The molecule has 7 nitrogen and oxygen atoms in total. The Morgan fingerprint density at radius 3 is 2.58 bits per heavy atom. The number of rotatable bonds is 7. The van der Waals surface area contributed by atoms with Crippen molar-refractivity contribution in [3.63, 3.8) is 0 Å². The van der Waals surface area contributed by atoms with Crippen molar-refractivity contribution in [1.82, 2.24) is 9.55 Å². The fraction of sp³-hybridized carbons (Fsp3) is 0.174. The molecule has 1 amide bonds. The lowest BCUT2D eigenvalue weighted by Gasteiger charge is -2.13. The molecule has 4 aromatic rings. The van der Waals surface area contributed by atoms with Gasteiger partial charge in [-0.2, -0.15) is 0 Å². The molecule has 0 unspecified atom stereocenters. The average molecular weight is 435 g/mol. The smallest absolute Gasteiger partial charge is 0.262 e. The maximum Gasteiger partial charge on any atom is 0.262 e. The van der Waals surface area contributed by atoms with E-state index in [0.29, 0.717) is 21.8 Å². The number of benzene rings is 2. The zero-order chi connectivity index (χ0) is 21.8. The molecule has 1 N–H and O–H groups in total. The number of hydrogen-bond donors (Lipinski definition) is 1. The van der Waals surface area contributed by atoms with Crippen LogP contribution in [-0.4, -0.2) is 35.3 Å². The highest BCUT2D eigenvalue weighted by molar-refractivity contribution is 7.99. The van der Waals surface area contributed by atoms with Crippen LogP contribution in [0.5, 0.6) is 0 Å². The topological polar surface area (TPSA) is 80.4 Å². The van der Waals surface area contributed by atoms with Gasteiger partial charge in [0.25, 0.3) is 5.56 Å². The lowest BCUT2D eigenvalue weighted by molar-refractivity contribution is -0.113. The molecule has 31 heavy (non-hydrogen) atoms. The number of hydrogen-bond acceptors (Lipinski definition) is 6. The van der Waals surface area contributed by atoms with E-state index in [1.807, 2.05) is 55.4 Å². The molecule has 0 radical (unpaired) electrons. The Hall–Kier alpha value is -3.52. The molecule has 8 heteroatoms. The first-order valence-electron chi connectivity index (χ1n) is 9.73. The Kier molecular flexibility index (Phi) is 6.08. The summed E-state index contributed by atoms with van der Waals surface area (Å²) in [6, 6.07) is 18.4. The Balaban J connectivity index is 1.54. The number of nitrogens with one attached hydrogen (secondary N) is 1. The van der Waals surface area contributed by atoms with Gasteiger partial charge < -0.3 is 14.6 Å². The van der Waals surface area contributed by atoms with E-state index in [1.54, 1.807) is 35.1 Å². The second-order valence-electron chi connectivity index (χ2n) is 7.16. The van der Waals surface area contributed by atoms with Crippen LogP contribution in [0.3, 0.4) is 0 Å². The van der Waals surface area contributed by atoms with E-state index < -0.39 is 0 Å². The highest BCUT2D eigenvalue weighted by Gasteiger charge is 2.14. The van der Waals surface area contributed by atoms with Gasteiger partial charge in [0.15, 0.2) is 5.16 Å². The summed E-state index contributed by atoms with van der Waals surface area (Å²) in [4.78, 5) is 32.2. The molecular formula is C23H22N4O3S. The number of amides is 1. The lowest BCUT2D eigenvalue weighted by atomic mass is 10.2. The summed E-state index contributed by atoms with van der Waals surface area (Å²) in [5.41, 5.74) is 2.21. The lowest BCUT2D eigenvalue weighted by Crippen LogP contribution is -2.24. The van der Waals surface area contributed by atoms with Crippen molar-refractivity contribution in [3.8, 4) is 0 Å². The van der Waals surface area contributed by atoms with Crippen molar-refractivity contribution >= 4 is 39.9 Å². The number of nitrogens with zero attached hydrogens (tertiary/aromatic N) is 3. The minimum atomic E-state index is -0.172. The van der Waals surface area contributed by atoms with E-state index >= 15 is 0 Å². The molecule has 0 saturated heterocycles. The Morgan fingerprint density at radius 2 is 1.87 bits per heavy atom. The summed E-state index contributed by atoms with van der Waals surface area (Å²) in [7, 11) is 3.92. The number of fused-ring (bicyclic) bond motifs is 1. The van der Waals surface area contributed by atoms with Crippen LogP contribution in [-0.2, 0) is 11.3 Å². The minimum Gasteiger partial charge on any atom is -0.467 e. The van der Waals surface area contributed by atoms with Gasteiger partial charge >= 0.3 is 0 Å². The molecule has 0 spiro atoms. The summed E-state index contributed by atoms with van der Waals surface area (Å²) in [5.74, 6) is 0.597. The number of carbonyl (C=O) groups excluding carboxylic acids is 1. The number of carbonyl (C=O) groups is 1. The molecule has 2 aromatic carbocycles. The van der Waals surface area contributed by atoms with E-state index in [9.17, 15) is 9.59 Å². The third-order valence-electron chi connectivity index (χ3n) is 4.72. The van der Waals surface area contributed by atoms with Crippen LogP contribution in [0.15, 0.2) is 81.3 Å². The third-order valence-corrected chi connectivity index (χ3v) is 5.70. The average Bonchev–Trinajstić information content (AvgIpc) is 3.28. The van der Waals surface area contributed by atoms with Crippen LogP contribution in [0.2, 0.25) is 0 Å². The van der Waals surface area contributed by atoms with Crippen molar-refractivity contribution in [1.29, 1.82) is 0 Å². The Labute approximate surface area is 183 Å². The minimum absolute atomic E-state index is 0.123. The van der Waals surface area contributed by atoms with Crippen LogP contribution in [0, 0.1) is 0 Å². The van der Waals surface area contributed by atoms with Gasteiger partial charge in [-0.1, -0.05) is 23.9 Å². The second kappa shape index (κ2) is 9.09. The molecule has 0 bridgehead atoms. The third kappa shape index (κ3) is 4.80. The van der Waals surface area contributed by atoms with Gasteiger partial charge in [0.05, 0.1) is 29.5 Å². The van der Waals surface area contributed by atoms with E-state index in [-0.39, 0.29) is 23.8 Å². The molecular weight excluding hydrogens is 412 g/mol. The van der Waals surface area contributed by atoms with Crippen molar-refractivity contribution in [2.45, 2.75) is 11.7 Å². The number of aromatic nitrogens is 2. The predicted octanol–water partition coefficient (Wildman–Crippen LogP) is 3.83. The SMILES string of the molecule is CN(C)c1ccc(NC(=O)CSc2nc3ccccc3c(=O)n2Cc2ccco2)cc1. The van der Waals surface area contributed by atoms with Gasteiger partial charge in [0.1, 0.15) is 5.76 Å². The van der Waals surface area contributed by atoms with Crippen LogP contribution in [0.1, 0.15) is 5.76 Å². The fourth-order valence-corrected chi connectivity index (χ4v) is 3.92. The number of anilines is 2. The van der Waals surface area contributed by atoms with E-state index in [0.717, 1.165) is 11.4 Å². The van der Waals surface area contributed by atoms with Crippen molar-refractivity contribution in [2.75, 3.05) is 30.1 Å². The fourth-order valence-electron chi connectivity index (χ4n) is 3.13. The quantitative estimate of drug-likeness (QED) is 0.352. The molecule has 0 aliphatic carbocycles. The zero-order valence-corrected chi connectivity index (χ0v) is 18.1. The van der Waals surface area contributed by atoms with Crippen molar-refractivity contribution < 1.29 is 9.21 Å². The molecule has 0 atom stereocenters. The highest BCUT2D eigenvalue weighted by atomic mass is 32.2. The Morgan fingerprint density at radius 1 is 1.10 bits per heavy atom. The van der Waals surface area contributed by atoms with Gasteiger partial charge in [-0.15, -0.1) is 0 Å². The van der Waals surface area contributed by atoms with Gasteiger partial charge in [0, 0.05) is 25.5 Å². The maximum absolute atomic E-state index is 13.1. The molecule has 4 rings (SSSR count). The first kappa shape index (κ1) is 20.7. The summed E-state index contributed by atoms with van der Waals surface area (Å²) in [5, 5.41) is 3.89. The highest BCUT2D eigenvalue weighted by Crippen LogP contribution is 2.20. The molecule has 0 aliphatic heterocycles. The van der Waals surface area contributed by atoms with E-state index in [2.05, 4.69) is 10.3 Å². The molecule has 2 heterocycles. The van der Waals surface area contributed by atoms with Gasteiger partial charge in [-0.3, -0.25) is 14.2 Å².